The SMILES string of the molecule is Cc1cc(C(=O)CCl)c(C)n1CC(F)(F)C(F)F. The number of halogens is 5. The average molecular weight is 286 g/mol. The van der Waals surface area contributed by atoms with E-state index in [2.05, 4.69) is 0 Å². The monoisotopic (exact) mass is 285 g/mol. The van der Waals surface area contributed by atoms with Crippen LogP contribution in [-0.4, -0.2) is 28.6 Å². The number of nitrogens with zero attached hydrogens (tertiary/aromatic N) is 1. The summed E-state index contributed by atoms with van der Waals surface area (Å²) in [7, 11) is 0. The molecule has 0 fully saturated rings. The Hall–Kier alpha value is -1.04. The summed E-state index contributed by atoms with van der Waals surface area (Å²) < 4.78 is 51.3. The number of carbonyl (C=O) groups excluding carboxylic acids is 1. The molecule has 0 spiro atoms. The normalized spacial score (nSPS) is 12.2. The van der Waals surface area contributed by atoms with E-state index in [0.717, 1.165) is 4.57 Å². The minimum Gasteiger partial charge on any atom is -0.342 e. The molecule has 1 rings (SSSR count). The van der Waals surface area contributed by atoms with Gasteiger partial charge in [-0.3, -0.25) is 4.79 Å². The van der Waals surface area contributed by atoms with Crippen LogP contribution in [0.3, 0.4) is 0 Å². The number of Topliss-reactive ketones (excluding diaryl/α,β-unsaturated/α-hetero) is 1. The van der Waals surface area contributed by atoms with Crippen LogP contribution in [0, 0.1) is 13.8 Å². The van der Waals surface area contributed by atoms with Gasteiger partial charge in [0.05, 0.1) is 12.4 Å². The first-order valence-corrected chi connectivity index (χ1v) is 5.66. The molecule has 0 bridgehead atoms. The molecule has 2 nitrogen and oxygen atoms in total. The molecule has 0 unspecified atom stereocenters. The molecule has 0 radical (unpaired) electrons. The lowest BCUT2D eigenvalue weighted by atomic mass is 10.2. The standard InChI is InChI=1S/C11H12ClF4NO/c1-6-3-8(9(18)4-12)7(2)17(6)5-11(15,16)10(13)14/h3,10H,4-5H2,1-2H3. The second kappa shape index (κ2) is 5.30. The molecule has 0 aliphatic heterocycles. The maximum absolute atomic E-state index is 13.0. The van der Waals surface area contributed by atoms with E-state index < -0.39 is 24.7 Å². The molecule has 0 aliphatic rings. The molecule has 0 atom stereocenters. The van der Waals surface area contributed by atoms with Gasteiger partial charge in [0.2, 0.25) is 0 Å². The summed E-state index contributed by atoms with van der Waals surface area (Å²) in [6, 6.07) is 1.38. The van der Waals surface area contributed by atoms with Crippen LogP contribution in [0.15, 0.2) is 6.07 Å². The van der Waals surface area contributed by atoms with Gasteiger partial charge in [-0.2, -0.15) is 8.78 Å². The Balaban J connectivity index is 3.12. The fraction of sp³-hybridized carbons (Fsp3) is 0.545. The van der Waals surface area contributed by atoms with Crippen LogP contribution in [0.1, 0.15) is 21.7 Å². The summed E-state index contributed by atoms with van der Waals surface area (Å²) in [6.45, 7) is 1.74. The van der Waals surface area contributed by atoms with Crippen molar-refractivity contribution >= 4 is 17.4 Å². The molecule has 0 aliphatic carbocycles. The van der Waals surface area contributed by atoms with Crippen LogP contribution in [0.4, 0.5) is 17.6 Å². The van der Waals surface area contributed by atoms with Gasteiger partial charge in [0, 0.05) is 17.0 Å². The Morgan fingerprint density at radius 3 is 2.44 bits per heavy atom. The molecule has 0 aromatic carbocycles. The van der Waals surface area contributed by atoms with E-state index in [4.69, 9.17) is 11.6 Å². The molecule has 102 valence electrons. The zero-order valence-corrected chi connectivity index (χ0v) is 10.6. The minimum atomic E-state index is -4.13. The number of aryl methyl sites for hydroxylation is 1. The van der Waals surface area contributed by atoms with Crippen LogP contribution in [0.2, 0.25) is 0 Å². The van der Waals surface area contributed by atoms with Crippen molar-refractivity contribution in [2.24, 2.45) is 0 Å². The highest BCUT2D eigenvalue weighted by atomic mass is 35.5. The van der Waals surface area contributed by atoms with E-state index >= 15 is 0 Å². The Kier molecular flexibility index (Phi) is 4.42. The third-order valence-corrected chi connectivity index (χ3v) is 2.93. The summed E-state index contributed by atoms with van der Waals surface area (Å²) in [4.78, 5) is 11.4. The average Bonchev–Trinajstić information content (AvgIpc) is 2.55. The van der Waals surface area contributed by atoms with Crippen LogP contribution in [0.25, 0.3) is 0 Å². The second-order valence-corrected chi connectivity index (χ2v) is 4.26. The van der Waals surface area contributed by atoms with Gasteiger partial charge in [0.1, 0.15) is 0 Å². The Bertz CT molecular complexity index is 456. The summed E-state index contributed by atoms with van der Waals surface area (Å²) in [5.74, 6) is -4.83. The second-order valence-electron chi connectivity index (χ2n) is 3.99. The number of carbonyl (C=O) groups is 1. The van der Waals surface area contributed by atoms with Crippen LogP contribution < -0.4 is 0 Å². The molecule has 0 saturated carbocycles. The van der Waals surface area contributed by atoms with Crippen molar-refractivity contribution in [1.82, 2.24) is 4.57 Å². The number of aromatic nitrogens is 1. The van der Waals surface area contributed by atoms with E-state index in [-0.39, 0.29) is 17.1 Å². The van der Waals surface area contributed by atoms with Crippen molar-refractivity contribution < 1.29 is 22.4 Å². The van der Waals surface area contributed by atoms with E-state index in [1.165, 1.54) is 19.9 Å². The maximum Gasteiger partial charge on any atom is 0.324 e. The van der Waals surface area contributed by atoms with Crippen LogP contribution in [-0.2, 0) is 6.54 Å². The van der Waals surface area contributed by atoms with Gasteiger partial charge in [-0.05, 0) is 19.9 Å². The fourth-order valence-electron chi connectivity index (χ4n) is 1.68. The molecule has 1 aromatic rings. The quantitative estimate of drug-likeness (QED) is 0.461. The van der Waals surface area contributed by atoms with Crippen LogP contribution >= 0.6 is 11.6 Å². The molecule has 0 amide bonds. The highest BCUT2D eigenvalue weighted by molar-refractivity contribution is 6.30. The smallest absolute Gasteiger partial charge is 0.324 e. The molecular formula is C11H12ClF4NO. The lowest BCUT2D eigenvalue weighted by Gasteiger charge is -2.18. The zero-order valence-electron chi connectivity index (χ0n) is 9.81. The third kappa shape index (κ3) is 2.85. The predicted molar refractivity (Wildman–Crippen MR) is 59.9 cm³/mol. The van der Waals surface area contributed by atoms with Crippen molar-refractivity contribution in [1.29, 1.82) is 0 Å². The van der Waals surface area contributed by atoms with Crippen molar-refractivity contribution in [3.8, 4) is 0 Å². The summed E-state index contributed by atoms with van der Waals surface area (Å²) in [5, 5.41) is 0. The number of rotatable bonds is 5. The van der Waals surface area contributed by atoms with E-state index in [1.807, 2.05) is 0 Å². The molecule has 0 N–H and O–H groups in total. The molecule has 1 aromatic heterocycles. The number of ketones is 1. The molecule has 7 heteroatoms. The summed E-state index contributed by atoms with van der Waals surface area (Å²) in [5.41, 5.74) is 0.729. The fourth-order valence-corrected chi connectivity index (χ4v) is 1.82. The highest BCUT2D eigenvalue weighted by Gasteiger charge is 2.41. The van der Waals surface area contributed by atoms with Gasteiger partial charge in [0.25, 0.3) is 0 Å². The van der Waals surface area contributed by atoms with E-state index in [0.29, 0.717) is 5.69 Å². The Morgan fingerprint density at radius 1 is 1.44 bits per heavy atom. The zero-order chi connectivity index (χ0) is 14.1. The highest BCUT2D eigenvalue weighted by Crippen LogP contribution is 2.27. The first-order chi connectivity index (χ1) is 8.20. The van der Waals surface area contributed by atoms with Gasteiger partial charge in [-0.1, -0.05) is 0 Å². The van der Waals surface area contributed by atoms with E-state index in [1.54, 1.807) is 0 Å². The third-order valence-electron chi connectivity index (χ3n) is 2.68. The number of hydrogen-bond donors (Lipinski definition) is 0. The molecule has 1 heterocycles. The van der Waals surface area contributed by atoms with Gasteiger partial charge in [0.15, 0.2) is 5.78 Å². The minimum absolute atomic E-state index is 0.188. The summed E-state index contributed by atoms with van der Waals surface area (Å²) >= 11 is 5.38. The maximum atomic E-state index is 13.0. The number of hydrogen-bond acceptors (Lipinski definition) is 1. The van der Waals surface area contributed by atoms with Gasteiger partial charge in [-0.25, -0.2) is 8.78 Å². The van der Waals surface area contributed by atoms with Gasteiger partial charge < -0.3 is 4.57 Å². The molecule has 18 heavy (non-hydrogen) atoms. The topological polar surface area (TPSA) is 22.0 Å². The molecular weight excluding hydrogens is 274 g/mol. The van der Waals surface area contributed by atoms with Gasteiger partial charge >= 0.3 is 12.3 Å². The van der Waals surface area contributed by atoms with Crippen molar-refractivity contribution in [3.63, 3.8) is 0 Å². The summed E-state index contributed by atoms with van der Waals surface area (Å²) in [6.07, 6.45) is -3.74. The van der Waals surface area contributed by atoms with Crippen molar-refractivity contribution in [3.05, 3.63) is 23.0 Å². The van der Waals surface area contributed by atoms with Crippen molar-refractivity contribution in [2.45, 2.75) is 32.7 Å². The van der Waals surface area contributed by atoms with Crippen LogP contribution in [0.5, 0.6) is 0 Å². The lowest BCUT2D eigenvalue weighted by molar-refractivity contribution is -0.138. The molecule has 0 saturated heterocycles. The van der Waals surface area contributed by atoms with Gasteiger partial charge in [-0.15, -0.1) is 11.6 Å². The number of alkyl halides is 5. The largest absolute Gasteiger partial charge is 0.342 e. The Morgan fingerprint density at radius 2 is 2.00 bits per heavy atom. The van der Waals surface area contributed by atoms with E-state index in [9.17, 15) is 22.4 Å². The first kappa shape index (κ1) is 15.0. The lowest BCUT2D eigenvalue weighted by Crippen LogP contribution is -2.32. The predicted octanol–water partition coefficient (Wildman–Crippen LogP) is 3.43. The van der Waals surface area contributed by atoms with Crippen molar-refractivity contribution in [2.75, 3.05) is 5.88 Å². The Labute approximate surface area is 107 Å². The first-order valence-electron chi connectivity index (χ1n) is 5.12.